The molecule has 0 spiro atoms. The van der Waals surface area contributed by atoms with Crippen LogP contribution in [0.3, 0.4) is 0 Å². The Kier molecular flexibility index (Phi) is 1.84. The van der Waals surface area contributed by atoms with Crippen molar-refractivity contribution < 1.29 is 4.48 Å². The van der Waals surface area contributed by atoms with Crippen LogP contribution >= 0.6 is 0 Å². The molecule has 1 heterocycles. The summed E-state index contributed by atoms with van der Waals surface area (Å²) in [5, 5.41) is 0.958. The number of hydrogen-bond donors (Lipinski definition) is 0. The van der Waals surface area contributed by atoms with Gasteiger partial charge in [-0.3, -0.25) is 0 Å². The monoisotopic (exact) mass is 117 g/mol. The van der Waals surface area contributed by atoms with Crippen LogP contribution in [0.2, 0.25) is 0 Å². The molecule has 1 atom stereocenters. The van der Waals surface area contributed by atoms with Crippen LogP contribution in [0.25, 0.3) is 0 Å². The van der Waals surface area contributed by atoms with Gasteiger partial charge in [0.15, 0.2) is 0 Å². The first-order valence-corrected chi connectivity index (χ1v) is 3.27. The summed E-state index contributed by atoms with van der Waals surface area (Å²) in [6.07, 6.45) is 3.04. The van der Waals surface area contributed by atoms with Gasteiger partial charge in [-0.05, 0) is 19.3 Å². The summed E-state index contributed by atoms with van der Waals surface area (Å²) in [6, 6.07) is 0.231. The summed E-state index contributed by atoms with van der Waals surface area (Å²) in [7, 11) is 0. The van der Waals surface area contributed by atoms with Crippen molar-refractivity contribution in [2.75, 3.05) is 6.54 Å². The highest BCUT2D eigenvalue weighted by molar-refractivity contribution is 4.70. The average Bonchev–Trinajstić information content (AvgIpc) is 2.14. The van der Waals surface area contributed by atoms with E-state index in [1.165, 1.54) is 0 Å². The van der Waals surface area contributed by atoms with E-state index in [1.54, 1.807) is 0 Å². The molecule has 0 saturated carbocycles. The summed E-state index contributed by atoms with van der Waals surface area (Å²) in [4.78, 5) is 0. The molecule has 0 aliphatic carbocycles. The second kappa shape index (κ2) is 2.44. The summed E-state index contributed by atoms with van der Waals surface area (Å²) in [5.41, 5.74) is 0. The van der Waals surface area contributed by atoms with Crippen molar-refractivity contribution in [2.45, 2.75) is 32.2 Å². The van der Waals surface area contributed by atoms with Gasteiger partial charge in [-0.15, -0.1) is 9.60 Å². The van der Waals surface area contributed by atoms with Crippen molar-refractivity contribution in [3.63, 3.8) is 0 Å². The van der Waals surface area contributed by atoms with Gasteiger partial charge in [0.25, 0.3) is 0 Å². The van der Waals surface area contributed by atoms with Crippen LogP contribution in [0.15, 0.2) is 0 Å². The Hall–Kier alpha value is -0.110. The fraction of sp³-hybridized carbons (Fsp3) is 1.00. The Morgan fingerprint density at radius 2 is 2.50 bits per heavy atom. The Morgan fingerprint density at radius 1 is 1.75 bits per heavy atom. The molecule has 0 aromatic carbocycles. The van der Waals surface area contributed by atoms with E-state index >= 15 is 0 Å². The fourth-order valence-corrected chi connectivity index (χ4v) is 1.20. The Balaban J connectivity index is 2.30. The number of hydrogen-bond acceptors (Lipinski definition) is 1. The van der Waals surface area contributed by atoms with Crippen LogP contribution < -0.4 is 0 Å². The van der Waals surface area contributed by atoms with Crippen molar-refractivity contribution in [1.29, 1.82) is 0 Å². The first-order chi connectivity index (χ1) is 3.84. The average molecular weight is 117 g/mol. The molecule has 0 amide bonds. The van der Waals surface area contributed by atoms with Gasteiger partial charge in [0, 0.05) is 12.6 Å². The molecule has 2 heteroatoms. The van der Waals surface area contributed by atoms with E-state index in [4.69, 9.17) is 0 Å². The maximum Gasteiger partial charge on any atom is 0.0400 e. The molecular formula is C6H12FN. The van der Waals surface area contributed by atoms with Gasteiger partial charge in [-0.25, -0.2) is 0 Å². The molecule has 1 unspecified atom stereocenters. The number of rotatable bonds is 1. The van der Waals surface area contributed by atoms with E-state index in [9.17, 15) is 4.48 Å². The van der Waals surface area contributed by atoms with Crippen LogP contribution in [0.4, 0.5) is 4.48 Å². The van der Waals surface area contributed by atoms with Crippen molar-refractivity contribution >= 4 is 0 Å². The topological polar surface area (TPSA) is 3.24 Å². The minimum absolute atomic E-state index is 0.231. The molecule has 1 aliphatic rings. The third-order valence-corrected chi connectivity index (χ3v) is 1.78. The molecular weight excluding hydrogens is 105 g/mol. The van der Waals surface area contributed by atoms with Gasteiger partial charge < -0.3 is 0 Å². The van der Waals surface area contributed by atoms with Gasteiger partial charge in [0.2, 0.25) is 0 Å². The molecule has 1 nitrogen and oxygen atoms in total. The molecule has 1 saturated heterocycles. The Morgan fingerprint density at radius 3 is 2.75 bits per heavy atom. The van der Waals surface area contributed by atoms with Crippen LogP contribution in [-0.4, -0.2) is 17.7 Å². The maximum absolute atomic E-state index is 12.4. The van der Waals surface area contributed by atoms with E-state index in [-0.39, 0.29) is 6.04 Å². The zero-order valence-corrected chi connectivity index (χ0v) is 5.23. The van der Waals surface area contributed by atoms with Crippen LogP contribution in [0.5, 0.6) is 0 Å². The Labute approximate surface area is 49.4 Å². The normalized spacial score (nSPS) is 31.5. The van der Waals surface area contributed by atoms with Crippen molar-refractivity contribution in [1.82, 2.24) is 5.12 Å². The van der Waals surface area contributed by atoms with Crippen molar-refractivity contribution in [3.05, 3.63) is 0 Å². The Bertz CT molecular complexity index is 74.9. The van der Waals surface area contributed by atoms with Crippen molar-refractivity contribution in [3.8, 4) is 0 Å². The van der Waals surface area contributed by atoms with E-state index in [2.05, 4.69) is 0 Å². The largest absolute Gasteiger partial charge is 0.143 e. The minimum Gasteiger partial charge on any atom is -0.143 e. The first kappa shape index (κ1) is 6.02. The molecule has 1 rings (SSSR count). The second-order valence-electron chi connectivity index (χ2n) is 2.33. The van der Waals surface area contributed by atoms with E-state index < -0.39 is 0 Å². The predicted molar refractivity (Wildman–Crippen MR) is 31.1 cm³/mol. The zero-order chi connectivity index (χ0) is 5.98. The molecule has 0 radical (unpaired) electrons. The van der Waals surface area contributed by atoms with E-state index in [0.717, 1.165) is 24.4 Å². The lowest BCUT2D eigenvalue weighted by Crippen LogP contribution is -2.19. The highest BCUT2D eigenvalue weighted by Crippen LogP contribution is 2.18. The highest BCUT2D eigenvalue weighted by atomic mass is 19.2. The van der Waals surface area contributed by atoms with Gasteiger partial charge in [-0.1, -0.05) is 6.92 Å². The molecule has 1 aliphatic heterocycles. The van der Waals surface area contributed by atoms with Gasteiger partial charge >= 0.3 is 0 Å². The maximum atomic E-state index is 12.4. The fourth-order valence-electron chi connectivity index (χ4n) is 1.20. The second-order valence-corrected chi connectivity index (χ2v) is 2.33. The third kappa shape index (κ3) is 0.996. The summed E-state index contributed by atoms with van der Waals surface area (Å²) in [5.74, 6) is 0. The summed E-state index contributed by atoms with van der Waals surface area (Å²) < 4.78 is 12.4. The standard InChI is InChI=1S/C6H12FN/c1-2-6-4-3-5-8(6)7/h6H,2-5H2,1H3. The molecule has 8 heavy (non-hydrogen) atoms. The van der Waals surface area contributed by atoms with E-state index in [1.807, 2.05) is 6.92 Å². The molecule has 0 bridgehead atoms. The molecule has 0 aromatic heterocycles. The third-order valence-electron chi connectivity index (χ3n) is 1.78. The molecule has 48 valence electrons. The van der Waals surface area contributed by atoms with Gasteiger partial charge in [0.05, 0.1) is 0 Å². The molecule has 0 N–H and O–H groups in total. The lowest BCUT2D eigenvalue weighted by molar-refractivity contribution is 0.00984. The highest BCUT2D eigenvalue weighted by Gasteiger charge is 2.21. The van der Waals surface area contributed by atoms with E-state index in [0.29, 0.717) is 6.54 Å². The lowest BCUT2D eigenvalue weighted by Gasteiger charge is -2.10. The summed E-state index contributed by atoms with van der Waals surface area (Å²) >= 11 is 0. The van der Waals surface area contributed by atoms with Gasteiger partial charge in [-0.2, -0.15) is 0 Å². The minimum atomic E-state index is 0.231. The van der Waals surface area contributed by atoms with Crippen LogP contribution in [-0.2, 0) is 0 Å². The number of halogens is 1. The zero-order valence-electron chi connectivity index (χ0n) is 5.23. The smallest absolute Gasteiger partial charge is 0.0400 e. The van der Waals surface area contributed by atoms with Gasteiger partial charge in [0.1, 0.15) is 0 Å². The number of nitrogens with zero attached hydrogens (tertiary/aromatic N) is 1. The lowest BCUT2D eigenvalue weighted by atomic mass is 10.2. The predicted octanol–water partition coefficient (Wildman–Crippen LogP) is 1.75. The summed E-state index contributed by atoms with van der Waals surface area (Å²) in [6.45, 7) is 2.68. The van der Waals surface area contributed by atoms with Crippen LogP contribution in [0, 0.1) is 0 Å². The van der Waals surface area contributed by atoms with Crippen LogP contribution in [0.1, 0.15) is 26.2 Å². The molecule has 1 fully saturated rings. The SMILES string of the molecule is CCC1CCCN1F. The quantitative estimate of drug-likeness (QED) is 0.473. The first-order valence-electron chi connectivity index (χ1n) is 3.27. The van der Waals surface area contributed by atoms with Crippen molar-refractivity contribution in [2.24, 2.45) is 0 Å². The molecule has 0 aromatic rings.